The molecule has 1 aliphatic heterocycles. The largest absolute Gasteiger partial charge is 0.323 e. The molecule has 0 aliphatic carbocycles. The molecule has 52 valence electrons. The summed E-state index contributed by atoms with van der Waals surface area (Å²) in [6, 6.07) is 0.218. The van der Waals surface area contributed by atoms with Crippen LogP contribution in [0, 0.1) is 5.92 Å². The molecule has 0 aromatic carbocycles. The fourth-order valence-corrected chi connectivity index (χ4v) is 0.946. The maximum Gasteiger partial charge on any atom is 0.0351 e. The van der Waals surface area contributed by atoms with Crippen LogP contribution in [0.15, 0.2) is 12.2 Å². The second-order valence-corrected chi connectivity index (χ2v) is 2.68. The summed E-state index contributed by atoms with van der Waals surface area (Å²) in [5, 5.41) is 3.26. The number of nitrogens with two attached hydrogens (primary N) is 1. The van der Waals surface area contributed by atoms with E-state index in [0.29, 0.717) is 5.92 Å². The number of nitrogens with one attached hydrogen (secondary N) is 1. The van der Waals surface area contributed by atoms with E-state index < -0.39 is 0 Å². The first-order chi connectivity index (χ1) is 4.29. The van der Waals surface area contributed by atoms with Gasteiger partial charge in [-0.25, -0.2) is 0 Å². The van der Waals surface area contributed by atoms with Crippen LogP contribution in [0.2, 0.25) is 0 Å². The first-order valence-corrected chi connectivity index (χ1v) is 3.43. The smallest absolute Gasteiger partial charge is 0.0351 e. The van der Waals surface area contributed by atoms with E-state index in [1.165, 1.54) is 0 Å². The van der Waals surface area contributed by atoms with Crippen molar-refractivity contribution in [2.24, 2.45) is 11.7 Å². The predicted molar refractivity (Wildman–Crippen MR) is 39.1 cm³/mol. The van der Waals surface area contributed by atoms with Crippen LogP contribution in [0.25, 0.3) is 0 Å². The summed E-state index contributed by atoms with van der Waals surface area (Å²) in [6.45, 7) is 4.16. The number of hydrogen-bond donors (Lipinski definition) is 2. The van der Waals surface area contributed by atoms with Crippen LogP contribution in [-0.2, 0) is 0 Å². The lowest BCUT2D eigenvalue weighted by Crippen LogP contribution is -2.31. The quantitative estimate of drug-likeness (QED) is 0.452. The summed E-state index contributed by atoms with van der Waals surface area (Å²) in [7, 11) is 0. The zero-order valence-electron chi connectivity index (χ0n) is 5.80. The van der Waals surface area contributed by atoms with E-state index in [1.54, 1.807) is 0 Å². The fourth-order valence-electron chi connectivity index (χ4n) is 0.946. The van der Waals surface area contributed by atoms with E-state index in [0.717, 1.165) is 13.1 Å². The van der Waals surface area contributed by atoms with E-state index in [4.69, 9.17) is 5.73 Å². The minimum Gasteiger partial charge on any atom is -0.323 e. The van der Waals surface area contributed by atoms with Gasteiger partial charge >= 0.3 is 0 Å². The summed E-state index contributed by atoms with van der Waals surface area (Å²) >= 11 is 0. The predicted octanol–water partition coefficient (Wildman–Crippen LogP) is 0.109. The zero-order chi connectivity index (χ0) is 6.69. The van der Waals surface area contributed by atoms with E-state index in [-0.39, 0.29) is 6.04 Å². The van der Waals surface area contributed by atoms with Gasteiger partial charge in [0.05, 0.1) is 0 Å². The Balaban J connectivity index is 2.43. The number of hydrogen-bond acceptors (Lipinski definition) is 2. The highest BCUT2D eigenvalue weighted by Gasteiger charge is 2.04. The Kier molecular flexibility index (Phi) is 2.25. The molecule has 2 heteroatoms. The average molecular weight is 126 g/mol. The Labute approximate surface area is 56.1 Å². The summed E-state index contributed by atoms with van der Waals surface area (Å²) in [5.74, 6) is 0.638. The highest BCUT2D eigenvalue weighted by molar-refractivity contribution is 4.98. The Morgan fingerprint density at radius 1 is 1.44 bits per heavy atom. The van der Waals surface area contributed by atoms with Crippen LogP contribution in [0.3, 0.4) is 0 Å². The maximum absolute atomic E-state index is 5.65. The first-order valence-electron chi connectivity index (χ1n) is 3.43. The zero-order valence-corrected chi connectivity index (χ0v) is 5.80. The minimum absolute atomic E-state index is 0.218. The van der Waals surface area contributed by atoms with Crippen LogP contribution in [0.1, 0.15) is 6.92 Å². The molecule has 0 amide bonds. The molecule has 2 nitrogen and oxygen atoms in total. The molecular formula is C7H14N2. The van der Waals surface area contributed by atoms with Gasteiger partial charge in [0.25, 0.3) is 0 Å². The second-order valence-electron chi connectivity index (χ2n) is 2.68. The van der Waals surface area contributed by atoms with Crippen molar-refractivity contribution in [2.75, 3.05) is 13.1 Å². The van der Waals surface area contributed by atoms with Crippen LogP contribution in [0.4, 0.5) is 0 Å². The third-order valence-corrected chi connectivity index (χ3v) is 1.53. The van der Waals surface area contributed by atoms with Crippen molar-refractivity contribution in [3.05, 3.63) is 12.2 Å². The third-order valence-electron chi connectivity index (χ3n) is 1.53. The Hall–Kier alpha value is -0.340. The highest BCUT2D eigenvalue weighted by Crippen LogP contribution is 1.98. The highest BCUT2D eigenvalue weighted by atomic mass is 14.9. The normalized spacial score (nSPS) is 36.2. The molecule has 0 bridgehead atoms. The van der Waals surface area contributed by atoms with E-state index >= 15 is 0 Å². The molecule has 0 fully saturated rings. The second kappa shape index (κ2) is 2.99. The van der Waals surface area contributed by atoms with Gasteiger partial charge < -0.3 is 11.1 Å². The summed E-state index contributed by atoms with van der Waals surface area (Å²) in [4.78, 5) is 0. The van der Waals surface area contributed by atoms with Crippen LogP contribution >= 0.6 is 0 Å². The fraction of sp³-hybridized carbons (Fsp3) is 0.714. The molecule has 0 saturated carbocycles. The monoisotopic (exact) mass is 126 g/mol. The van der Waals surface area contributed by atoms with Gasteiger partial charge in [-0.1, -0.05) is 19.1 Å². The maximum atomic E-state index is 5.65. The van der Waals surface area contributed by atoms with Crippen molar-refractivity contribution in [2.45, 2.75) is 13.0 Å². The molecular weight excluding hydrogens is 112 g/mol. The SMILES string of the molecule is CC1C=CC(N)CNC1. The molecule has 2 unspecified atom stereocenters. The summed E-state index contributed by atoms with van der Waals surface area (Å²) < 4.78 is 0. The third kappa shape index (κ3) is 2.16. The van der Waals surface area contributed by atoms with Crippen molar-refractivity contribution < 1.29 is 0 Å². The van der Waals surface area contributed by atoms with Crippen molar-refractivity contribution in [1.29, 1.82) is 0 Å². The van der Waals surface area contributed by atoms with Crippen LogP contribution < -0.4 is 11.1 Å². The van der Waals surface area contributed by atoms with Crippen molar-refractivity contribution in [3.8, 4) is 0 Å². The van der Waals surface area contributed by atoms with E-state index in [2.05, 4.69) is 24.4 Å². The number of rotatable bonds is 0. The van der Waals surface area contributed by atoms with Gasteiger partial charge in [0.1, 0.15) is 0 Å². The first kappa shape index (κ1) is 6.78. The molecule has 0 saturated heterocycles. The summed E-state index contributed by atoms with van der Waals surface area (Å²) in [6.07, 6.45) is 4.25. The van der Waals surface area contributed by atoms with Crippen LogP contribution in [-0.4, -0.2) is 19.1 Å². The Morgan fingerprint density at radius 3 is 3.00 bits per heavy atom. The van der Waals surface area contributed by atoms with E-state index in [1.807, 2.05) is 0 Å². The molecule has 1 heterocycles. The lowest BCUT2D eigenvalue weighted by atomic mass is 10.2. The molecule has 9 heavy (non-hydrogen) atoms. The Bertz CT molecular complexity index is 97.5. The lowest BCUT2D eigenvalue weighted by Gasteiger charge is -2.04. The van der Waals surface area contributed by atoms with Crippen molar-refractivity contribution in [1.82, 2.24) is 5.32 Å². The summed E-state index contributed by atoms with van der Waals surface area (Å²) in [5.41, 5.74) is 5.65. The average Bonchev–Trinajstić information content (AvgIpc) is 1.97. The molecule has 0 radical (unpaired) electrons. The molecule has 1 aliphatic rings. The van der Waals surface area contributed by atoms with Gasteiger partial charge in [0.15, 0.2) is 0 Å². The van der Waals surface area contributed by atoms with Gasteiger partial charge in [-0.3, -0.25) is 0 Å². The van der Waals surface area contributed by atoms with Gasteiger partial charge in [0.2, 0.25) is 0 Å². The standard InChI is InChI=1S/C7H14N2/c1-6-2-3-7(8)5-9-4-6/h2-3,6-7,9H,4-5,8H2,1H3. The van der Waals surface area contributed by atoms with Gasteiger partial charge in [0, 0.05) is 19.1 Å². The molecule has 3 N–H and O–H groups in total. The van der Waals surface area contributed by atoms with Crippen molar-refractivity contribution in [3.63, 3.8) is 0 Å². The minimum atomic E-state index is 0.218. The molecule has 0 aromatic rings. The Morgan fingerprint density at radius 2 is 2.22 bits per heavy atom. The van der Waals surface area contributed by atoms with Crippen molar-refractivity contribution >= 4 is 0 Å². The topological polar surface area (TPSA) is 38.0 Å². The van der Waals surface area contributed by atoms with Crippen LogP contribution in [0.5, 0.6) is 0 Å². The van der Waals surface area contributed by atoms with Gasteiger partial charge in [-0.15, -0.1) is 0 Å². The molecule has 2 atom stereocenters. The van der Waals surface area contributed by atoms with Gasteiger partial charge in [-0.05, 0) is 5.92 Å². The van der Waals surface area contributed by atoms with E-state index in [9.17, 15) is 0 Å². The molecule has 1 rings (SSSR count). The lowest BCUT2D eigenvalue weighted by molar-refractivity contribution is 0.596. The molecule has 0 spiro atoms. The molecule has 0 aromatic heterocycles. The van der Waals surface area contributed by atoms with Gasteiger partial charge in [-0.2, -0.15) is 0 Å².